The van der Waals surface area contributed by atoms with Gasteiger partial charge in [-0.25, -0.2) is 4.79 Å². The van der Waals surface area contributed by atoms with E-state index in [0.717, 1.165) is 6.29 Å². The number of aldehydes is 1. The Balaban J connectivity index is 1.29. The number of alkyl carbamates (subject to hydrolysis) is 1. The third kappa shape index (κ3) is 4.63. The van der Waals surface area contributed by atoms with Crippen molar-refractivity contribution in [1.82, 2.24) is 5.32 Å². The summed E-state index contributed by atoms with van der Waals surface area (Å²) in [7, 11) is 0. The Morgan fingerprint density at radius 1 is 1.03 bits per heavy atom. The Morgan fingerprint density at radius 3 is 2.35 bits per heavy atom. The third-order valence-electron chi connectivity index (χ3n) is 5.22. The third-order valence-corrected chi connectivity index (χ3v) is 5.53. The summed E-state index contributed by atoms with van der Waals surface area (Å²) >= 11 is 6.10. The van der Waals surface area contributed by atoms with Crippen LogP contribution in [-0.2, 0) is 4.74 Å². The van der Waals surface area contributed by atoms with Crippen LogP contribution in [0.2, 0.25) is 5.02 Å². The Morgan fingerprint density at radius 2 is 1.71 bits per heavy atom. The van der Waals surface area contributed by atoms with E-state index in [1.165, 1.54) is 22.3 Å². The highest BCUT2D eigenvalue weighted by atomic mass is 35.5. The predicted molar refractivity (Wildman–Crippen MR) is 121 cm³/mol. The fraction of sp³-hybridized carbons (Fsp3) is 0.154. The van der Waals surface area contributed by atoms with Gasteiger partial charge in [-0.15, -0.1) is 0 Å². The van der Waals surface area contributed by atoms with E-state index in [0.29, 0.717) is 29.1 Å². The minimum atomic E-state index is -0.461. The summed E-state index contributed by atoms with van der Waals surface area (Å²) in [5.74, 6) is 5.95. The Hall–Kier alpha value is -3.55. The number of carbonyl (C=O) groups is 2. The molecule has 0 bridgehead atoms. The highest BCUT2D eigenvalue weighted by molar-refractivity contribution is 6.32. The molecule has 1 amide bonds. The lowest BCUT2D eigenvalue weighted by Crippen LogP contribution is -2.26. The maximum Gasteiger partial charge on any atom is 0.407 e. The minimum Gasteiger partial charge on any atom is -0.449 e. The van der Waals surface area contributed by atoms with E-state index < -0.39 is 6.09 Å². The second kappa shape index (κ2) is 9.51. The normalized spacial score (nSPS) is 11.6. The molecule has 31 heavy (non-hydrogen) atoms. The lowest BCUT2D eigenvalue weighted by atomic mass is 9.98. The van der Waals surface area contributed by atoms with Crippen LogP contribution in [0.5, 0.6) is 0 Å². The van der Waals surface area contributed by atoms with Gasteiger partial charge in [0.15, 0.2) is 0 Å². The van der Waals surface area contributed by atoms with Gasteiger partial charge in [0.05, 0.1) is 5.02 Å². The number of fused-ring (bicyclic) bond motifs is 3. The van der Waals surface area contributed by atoms with Crippen molar-refractivity contribution in [3.63, 3.8) is 0 Å². The van der Waals surface area contributed by atoms with E-state index in [1.807, 2.05) is 24.3 Å². The molecule has 0 spiro atoms. The first-order valence-corrected chi connectivity index (χ1v) is 10.4. The molecule has 4 rings (SSSR count). The van der Waals surface area contributed by atoms with E-state index in [1.54, 1.807) is 18.2 Å². The maximum absolute atomic E-state index is 12.1. The van der Waals surface area contributed by atoms with Gasteiger partial charge >= 0.3 is 6.09 Å². The summed E-state index contributed by atoms with van der Waals surface area (Å²) in [6.45, 7) is 0.651. The fourth-order valence-corrected chi connectivity index (χ4v) is 3.98. The van der Waals surface area contributed by atoms with Gasteiger partial charge in [-0.1, -0.05) is 78.0 Å². The first kappa shape index (κ1) is 20.7. The average molecular weight is 430 g/mol. The largest absolute Gasteiger partial charge is 0.449 e. The Labute approximate surface area is 186 Å². The van der Waals surface area contributed by atoms with Gasteiger partial charge in [0.1, 0.15) is 12.9 Å². The number of carbonyl (C=O) groups excluding carboxylic acids is 2. The zero-order chi connectivity index (χ0) is 21.6. The second-order valence-corrected chi connectivity index (χ2v) is 7.57. The Kier molecular flexibility index (Phi) is 6.35. The highest BCUT2D eigenvalue weighted by Gasteiger charge is 2.28. The zero-order valence-electron chi connectivity index (χ0n) is 16.7. The van der Waals surface area contributed by atoms with E-state index in [9.17, 15) is 9.59 Å². The molecule has 0 aromatic heterocycles. The maximum atomic E-state index is 12.1. The summed E-state index contributed by atoms with van der Waals surface area (Å²) < 4.78 is 5.50. The first-order chi connectivity index (χ1) is 15.2. The number of rotatable bonds is 5. The molecule has 5 heteroatoms. The van der Waals surface area contributed by atoms with Gasteiger partial charge in [-0.2, -0.15) is 0 Å². The fourth-order valence-electron chi connectivity index (χ4n) is 3.74. The topological polar surface area (TPSA) is 55.4 Å². The number of halogens is 1. The van der Waals surface area contributed by atoms with Crippen molar-refractivity contribution in [2.45, 2.75) is 12.3 Å². The smallest absolute Gasteiger partial charge is 0.407 e. The summed E-state index contributed by atoms with van der Waals surface area (Å²) in [4.78, 5) is 22.9. The minimum absolute atomic E-state index is 0.0365. The molecule has 3 aromatic carbocycles. The molecule has 4 nitrogen and oxygen atoms in total. The van der Waals surface area contributed by atoms with Gasteiger partial charge in [-0.05, 0) is 34.4 Å². The summed E-state index contributed by atoms with van der Waals surface area (Å²) in [6.07, 6.45) is 0.731. The molecule has 0 saturated carbocycles. The van der Waals surface area contributed by atoms with Crippen LogP contribution in [-0.4, -0.2) is 25.5 Å². The molecule has 0 saturated heterocycles. The van der Waals surface area contributed by atoms with Crippen LogP contribution in [0.1, 0.15) is 39.4 Å². The van der Waals surface area contributed by atoms with Crippen LogP contribution < -0.4 is 5.32 Å². The molecule has 1 aliphatic carbocycles. The van der Waals surface area contributed by atoms with E-state index in [-0.39, 0.29) is 12.5 Å². The monoisotopic (exact) mass is 429 g/mol. The lowest BCUT2D eigenvalue weighted by molar-refractivity contribution is 0.112. The molecular formula is C26H20ClNO3. The van der Waals surface area contributed by atoms with Crippen molar-refractivity contribution in [3.8, 4) is 23.0 Å². The van der Waals surface area contributed by atoms with Gasteiger partial charge in [0.2, 0.25) is 0 Å². The number of ether oxygens (including phenoxy) is 1. The van der Waals surface area contributed by atoms with Crippen molar-refractivity contribution in [3.05, 3.63) is 94.0 Å². The van der Waals surface area contributed by atoms with Gasteiger partial charge in [-0.3, -0.25) is 4.79 Å². The molecular weight excluding hydrogens is 410 g/mol. The number of hydrogen-bond acceptors (Lipinski definition) is 3. The van der Waals surface area contributed by atoms with Gasteiger partial charge in [0, 0.05) is 30.0 Å². The number of nitrogens with one attached hydrogen (secondary N) is 1. The zero-order valence-corrected chi connectivity index (χ0v) is 17.5. The quantitative estimate of drug-likeness (QED) is 0.334. The van der Waals surface area contributed by atoms with Crippen molar-refractivity contribution in [2.75, 3.05) is 13.2 Å². The molecule has 0 heterocycles. The summed E-state index contributed by atoms with van der Waals surface area (Å²) in [5.41, 5.74) is 5.91. The predicted octanol–water partition coefficient (Wildman–Crippen LogP) is 5.43. The second-order valence-electron chi connectivity index (χ2n) is 7.16. The lowest BCUT2D eigenvalue weighted by Gasteiger charge is -2.14. The number of hydrogen-bond donors (Lipinski definition) is 1. The number of benzene rings is 3. The summed E-state index contributed by atoms with van der Waals surface area (Å²) in [6, 6.07) is 21.4. The number of amides is 1. The van der Waals surface area contributed by atoms with Gasteiger partial charge in [0.25, 0.3) is 0 Å². The standard InChI is InChI=1S/C26H20ClNO3/c27-25-15-18(16-29)12-13-19(25)7-5-6-14-28-26(30)31-17-24-22-10-3-1-8-20(22)21-9-2-4-11-23(21)24/h1-4,8-13,15-16,24H,6,14,17H2,(H,28,30). The molecule has 3 aromatic rings. The summed E-state index contributed by atoms with van der Waals surface area (Å²) in [5, 5.41) is 3.16. The van der Waals surface area contributed by atoms with Crippen molar-refractivity contribution < 1.29 is 14.3 Å². The van der Waals surface area contributed by atoms with Crippen molar-refractivity contribution in [1.29, 1.82) is 0 Å². The molecule has 154 valence electrons. The SMILES string of the molecule is O=Cc1ccc(C#CCCNC(=O)OCC2c3ccccc3-c3ccccc32)c(Cl)c1. The molecule has 0 unspecified atom stereocenters. The van der Waals surface area contributed by atoms with Crippen LogP contribution >= 0.6 is 11.6 Å². The molecule has 0 aliphatic heterocycles. The molecule has 0 radical (unpaired) electrons. The molecule has 0 atom stereocenters. The molecule has 0 fully saturated rings. The highest BCUT2D eigenvalue weighted by Crippen LogP contribution is 2.44. The van der Waals surface area contributed by atoms with E-state index >= 15 is 0 Å². The van der Waals surface area contributed by atoms with Gasteiger partial charge < -0.3 is 10.1 Å². The van der Waals surface area contributed by atoms with E-state index in [4.69, 9.17) is 16.3 Å². The molecule has 1 aliphatic rings. The van der Waals surface area contributed by atoms with Crippen molar-refractivity contribution >= 4 is 24.0 Å². The van der Waals surface area contributed by atoms with Crippen LogP contribution in [0.4, 0.5) is 4.79 Å². The average Bonchev–Trinajstić information content (AvgIpc) is 3.12. The van der Waals surface area contributed by atoms with Crippen molar-refractivity contribution in [2.24, 2.45) is 0 Å². The van der Waals surface area contributed by atoms with Crippen LogP contribution in [0.15, 0.2) is 66.7 Å². The van der Waals surface area contributed by atoms with Crippen LogP contribution in [0.3, 0.4) is 0 Å². The Bertz CT molecular complexity index is 1150. The first-order valence-electron chi connectivity index (χ1n) is 10.00. The van der Waals surface area contributed by atoms with E-state index in [2.05, 4.69) is 41.4 Å². The van der Waals surface area contributed by atoms with Crippen LogP contribution in [0, 0.1) is 11.8 Å². The van der Waals surface area contributed by atoms with Crippen LogP contribution in [0.25, 0.3) is 11.1 Å². The molecule has 1 N–H and O–H groups in total.